The van der Waals surface area contributed by atoms with Gasteiger partial charge in [0.15, 0.2) is 5.76 Å². The number of para-hydroxylation sites is 1. The van der Waals surface area contributed by atoms with Crippen molar-refractivity contribution < 1.29 is 28.3 Å². The molecule has 0 aliphatic heterocycles. The number of hydrogen-bond acceptors (Lipinski definition) is 6. The van der Waals surface area contributed by atoms with Crippen molar-refractivity contribution in [3.05, 3.63) is 83.8 Å². The first-order valence-electron chi connectivity index (χ1n) is 11.3. The SMILES string of the molecule is CC[C@@H](C)[C@H](NC(=O)c1ccccc1NC(=O)c1ccco1)C(=O)NNC(=O)c1ccc(OC)cc1. The Morgan fingerprint density at radius 1 is 0.889 bits per heavy atom. The molecule has 2 atom stereocenters. The Kier molecular flexibility index (Phi) is 8.82. The van der Waals surface area contributed by atoms with Gasteiger partial charge in [-0.05, 0) is 54.4 Å². The Balaban J connectivity index is 1.68. The molecule has 188 valence electrons. The Bertz CT molecular complexity index is 1210. The van der Waals surface area contributed by atoms with Crippen LogP contribution >= 0.6 is 0 Å². The summed E-state index contributed by atoms with van der Waals surface area (Å²) in [6.45, 7) is 3.69. The third-order valence-electron chi connectivity index (χ3n) is 5.60. The van der Waals surface area contributed by atoms with Gasteiger partial charge in [0, 0.05) is 5.56 Å². The first-order chi connectivity index (χ1) is 17.3. The predicted molar refractivity (Wildman–Crippen MR) is 132 cm³/mol. The van der Waals surface area contributed by atoms with Crippen LogP contribution in [0.3, 0.4) is 0 Å². The summed E-state index contributed by atoms with van der Waals surface area (Å²) in [6.07, 6.45) is 1.96. The van der Waals surface area contributed by atoms with Gasteiger partial charge in [-0.2, -0.15) is 0 Å². The van der Waals surface area contributed by atoms with E-state index in [0.717, 1.165) is 0 Å². The van der Waals surface area contributed by atoms with Crippen molar-refractivity contribution >= 4 is 29.3 Å². The lowest BCUT2D eigenvalue weighted by Gasteiger charge is -2.24. The van der Waals surface area contributed by atoms with Crippen LogP contribution < -0.4 is 26.2 Å². The maximum atomic E-state index is 13.1. The standard InChI is InChI=1S/C26H28N4O6/c1-4-16(2)22(26(34)30-29-23(31)17-11-13-18(35-3)14-12-17)28-24(32)19-8-5-6-9-20(19)27-25(33)21-10-7-15-36-21/h5-16,22H,4H2,1-3H3,(H,27,33)(H,28,32)(H,29,31)(H,30,34)/t16-,22+/m1/s1. The van der Waals surface area contributed by atoms with Crippen molar-refractivity contribution in [1.29, 1.82) is 0 Å². The van der Waals surface area contributed by atoms with Crippen LogP contribution in [0.4, 0.5) is 5.69 Å². The zero-order chi connectivity index (χ0) is 26.1. The monoisotopic (exact) mass is 492 g/mol. The molecule has 0 aliphatic carbocycles. The number of furan rings is 1. The van der Waals surface area contributed by atoms with Crippen molar-refractivity contribution in [3.8, 4) is 5.75 Å². The van der Waals surface area contributed by atoms with E-state index >= 15 is 0 Å². The molecule has 0 saturated carbocycles. The van der Waals surface area contributed by atoms with Gasteiger partial charge in [-0.3, -0.25) is 30.0 Å². The molecule has 3 aromatic rings. The molecule has 3 rings (SSSR count). The topological polar surface area (TPSA) is 139 Å². The van der Waals surface area contributed by atoms with E-state index in [-0.39, 0.29) is 22.9 Å². The number of anilines is 1. The largest absolute Gasteiger partial charge is 0.497 e. The van der Waals surface area contributed by atoms with E-state index in [4.69, 9.17) is 9.15 Å². The zero-order valence-corrected chi connectivity index (χ0v) is 20.2. The molecular weight excluding hydrogens is 464 g/mol. The summed E-state index contributed by atoms with van der Waals surface area (Å²) in [5, 5.41) is 5.36. The van der Waals surface area contributed by atoms with E-state index in [2.05, 4.69) is 21.5 Å². The van der Waals surface area contributed by atoms with E-state index in [0.29, 0.717) is 17.7 Å². The summed E-state index contributed by atoms with van der Waals surface area (Å²) >= 11 is 0. The molecule has 10 heteroatoms. The van der Waals surface area contributed by atoms with Crippen LogP contribution in [-0.2, 0) is 4.79 Å². The van der Waals surface area contributed by atoms with Gasteiger partial charge in [0.1, 0.15) is 11.8 Å². The second-order valence-corrected chi connectivity index (χ2v) is 7.99. The molecule has 0 aliphatic rings. The van der Waals surface area contributed by atoms with E-state index in [9.17, 15) is 19.2 Å². The first-order valence-corrected chi connectivity index (χ1v) is 11.3. The number of amides is 4. The molecule has 0 saturated heterocycles. The minimum atomic E-state index is -0.951. The van der Waals surface area contributed by atoms with Crippen LogP contribution in [0.25, 0.3) is 0 Å². The van der Waals surface area contributed by atoms with Gasteiger partial charge in [-0.15, -0.1) is 0 Å². The molecule has 0 fully saturated rings. The van der Waals surface area contributed by atoms with Crippen LogP contribution in [0.15, 0.2) is 71.3 Å². The Morgan fingerprint density at radius 3 is 2.25 bits per heavy atom. The van der Waals surface area contributed by atoms with E-state index < -0.39 is 29.7 Å². The van der Waals surface area contributed by atoms with Crippen LogP contribution in [0, 0.1) is 5.92 Å². The number of carbonyl (C=O) groups excluding carboxylic acids is 4. The Hall–Kier alpha value is -4.60. The number of hydrazine groups is 1. The minimum absolute atomic E-state index is 0.0923. The highest BCUT2D eigenvalue weighted by Crippen LogP contribution is 2.18. The van der Waals surface area contributed by atoms with Gasteiger partial charge >= 0.3 is 0 Å². The fraction of sp³-hybridized carbons (Fsp3) is 0.231. The molecule has 0 radical (unpaired) electrons. The fourth-order valence-electron chi connectivity index (χ4n) is 3.31. The van der Waals surface area contributed by atoms with Crippen molar-refractivity contribution in [2.75, 3.05) is 12.4 Å². The lowest BCUT2D eigenvalue weighted by Crippen LogP contribution is -2.54. The fourth-order valence-corrected chi connectivity index (χ4v) is 3.31. The number of rotatable bonds is 9. The Morgan fingerprint density at radius 2 is 1.61 bits per heavy atom. The smallest absolute Gasteiger partial charge is 0.291 e. The highest BCUT2D eigenvalue weighted by atomic mass is 16.5. The quantitative estimate of drug-likeness (QED) is 0.339. The number of ether oxygens (including phenoxy) is 1. The second-order valence-electron chi connectivity index (χ2n) is 7.99. The number of hydrogen-bond donors (Lipinski definition) is 4. The number of nitrogens with one attached hydrogen (secondary N) is 4. The molecule has 10 nitrogen and oxygen atoms in total. The molecule has 1 heterocycles. The minimum Gasteiger partial charge on any atom is -0.497 e. The van der Waals surface area contributed by atoms with E-state index in [1.165, 1.54) is 25.5 Å². The lowest BCUT2D eigenvalue weighted by molar-refractivity contribution is -0.124. The maximum Gasteiger partial charge on any atom is 0.291 e. The molecule has 1 aromatic heterocycles. The highest BCUT2D eigenvalue weighted by Gasteiger charge is 2.28. The second kappa shape index (κ2) is 12.2. The molecule has 0 spiro atoms. The zero-order valence-electron chi connectivity index (χ0n) is 20.2. The average molecular weight is 493 g/mol. The predicted octanol–water partition coefficient (Wildman–Crippen LogP) is 3.15. The maximum absolute atomic E-state index is 13.1. The third kappa shape index (κ3) is 6.50. The summed E-state index contributed by atoms with van der Waals surface area (Å²) in [4.78, 5) is 50.8. The van der Waals surface area contributed by atoms with Gasteiger partial charge in [0.25, 0.3) is 23.6 Å². The highest BCUT2D eigenvalue weighted by molar-refractivity contribution is 6.08. The molecule has 2 aromatic carbocycles. The summed E-state index contributed by atoms with van der Waals surface area (Å²) < 4.78 is 10.2. The van der Waals surface area contributed by atoms with Crippen LogP contribution in [0.1, 0.15) is 51.5 Å². The van der Waals surface area contributed by atoms with Crippen molar-refractivity contribution in [1.82, 2.24) is 16.2 Å². The van der Waals surface area contributed by atoms with E-state index in [1.54, 1.807) is 55.5 Å². The molecule has 0 bridgehead atoms. The summed E-state index contributed by atoms with van der Waals surface area (Å²) in [6, 6.07) is 14.9. The van der Waals surface area contributed by atoms with Gasteiger partial charge < -0.3 is 19.8 Å². The summed E-state index contributed by atoms with van der Waals surface area (Å²) in [5.41, 5.74) is 5.49. The molecule has 0 unspecified atom stereocenters. The molecule has 4 amide bonds. The summed E-state index contributed by atoms with van der Waals surface area (Å²) in [5.74, 6) is -1.75. The van der Waals surface area contributed by atoms with Gasteiger partial charge in [-0.1, -0.05) is 32.4 Å². The van der Waals surface area contributed by atoms with Gasteiger partial charge in [0.2, 0.25) is 0 Å². The number of methoxy groups -OCH3 is 1. The van der Waals surface area contributed by atoms with Crippen LogP contribution in [-0.4, -0.2) is 36.8 Å². The summed E-state index contributed by atoms with van der Waals surface area (Å²) in [7, 11) is 1.52. The first kappa shape index (κ1) is 26.0. The van der Waals surface area contributed by atoms with Crippen molar-refractivity contribution in [2.45, 2.75) is 26.3 Å². The number of benzene rings is 2. The molecular formula is C26H28N4O6. The average Bonchev–Trinajstić information content (AvgIpc) is 3.45. The Labute approximate surface area is 208 Å². The molecule has 36 heavy (non-hydrogen) atoms. The van der Waals surface area contributed by atoms with Crippen LogP contribution in [0.5, 0.6) is 5.75 Å². The number of carbonyl (C=O) groups is 4. The third-order valence-corrected chi connectivity index (χ3v) is 5.60. The van der Waals surface area contributed by atoms with E-state index in [1.807, 2.05) is 6.92 Å². The van der Waals surface area contributed by atoms with Crippen molar-refractivity contribution in [2.24, 2.45) is 5.92 Å². The van der Waals surface area contributed by atoms with Gasteiger partial charge in [0.05, 0.1) is 24.6 Å². The lowest BCUT2D eigenvalue weighted by atomic mass is 9.98. The molecule has 4 N–H and O–H groups in total. The normalized spacial score (nSPS) is 12.1. The van der Waals surface area contributed by atoms with Gasteiger partial charge in [-0.25, -0.2) is 0 Å². The van der Waals surface area contributed by atoms with Crippen LogP contribution in [0.2, 0.25) is 0 Å². The van der Waals surface area contributed by atoms with Crippen molar-refractivity contribution in [3.63, 3.8) is 0 Å².